The zero-order valence-corrected chi connectivity index (χ0v) is 8.16. The fourth-order valence-corrected chi connectivity index (χ4v) is 2.13. The van der Waals surface area contributed by atoms with Crippen LogP contribution in [-0.2, 0) is 9.47 Å². The maximum absolute atomic E-state index is 10.2. The molecule has 0 aliphatic carbocycles. The summed E-state index contributed by atoms with van der Waals surface area (Å²) in [4.78, 5) is 0. The van der Waals surface area contributed by atoms with Gasteiger partial charge in [0.25, 0.3) is 0 Å². The molecule has 13 heavy (non-hydrogen) atoms. The molecule has 2 atom stereocenters. The van der Waals surface area contributed by atoms with E-state index in [1.165, 1.54) is 0 Å². The summed E-state index contributed by atoms with van der Waals surface area (Å²) in [5.41, 5.74) is -0.551. The Morgan fingerprint density at radius 2 is 2.00 bits per heavy atom. The maximum atomic E-state index is 10.2. The fourth-order valence-electron chi connectivity index (χ4n) is 2.13. The van der Waals surface area contributed by atoms with E-state index in [0.717, 1.165) is 39.1 Å². The normalized spacial score (nSPS) is 34.2. The molecular weight excluding hydrogens is 168 g/mol. The molecular formula is C10H18O3. The third-order valence-corrected chi connectivity index (χ3v) is 3.14. The highest BCUT2D eigenvalue weighted by molar-refractivity contribution is 4.89. The molecule has 0 aromatic carbocycles. The van der Waals surface area contributed by atoms with E-state index >= 15 is 0 Å². The van der Waals surface area contributed by atoms with Gasteiger partial charge in [-0.3, -0.25) is 0 Å². The predicted molar refractivity (Wildman–Crippen MR) is 48.5 cm³/mol. The number of hydrogen-bond acceptors (Lipinski definition) is 3. The Hall–Kier alpha value is -0.120. The van der Waals surface area contributed by atoms with Crippen molar-refractivity contribution >= 4 is 0 Å². The average molecular weight is 186 g/mol. The SMILES string of the molecule is C[C@@](O)(C[C@@H]1CO1)C1CCOCC1. The summed E-state index contributed by atoms with van der Waals surface area (Å²) in [6.07, 6.45) is 3.08. The van der Waals surface area contributed by atoms with Gasteiger partial charge in [-0.2, -0.15) is 0 Å². The third-order valence-electron chi connectivity index (χ3n) is 3.14. The summed E-state index contributed by atoms with van der Waals surface area (Å²) < 4.78 is 10.4. The number of rotatable bonds is 3. The molecule has 3 heteroatoms. The lowest BCUT2D eigenvalue weighted by Crippen LogP contribution is -2.39. The Balaban J connectivity index is 1.86. The largest absolute Gasteiger partial charge is 0.390 e. The molecule has 2 saturated heterocycles. The highest BCUT2D eigenvalue weighted by atomic mass is 16.6. The summed E-state index contributed by atoms with van der Waals surface area (Å²) in [5.74, 6) is 0.394. The van der Waals surface area contributed by atoms with Crippen LogP contribution >= 0.6 is 0 Å². The first-order valence-corrected chi connectivity index (χ1v) is 5.10. The van der Waals surface area contributed by atoms with Crippen molar-refractivity contribution < 1.29 is 14.6 Å². The second-order valence-electron chi connectivity index (χ2n) is 4.40. The van der Waals surface area contributed by atoms with Crippen molar-refractivity contribution in [3.63, 3.8) is 0 Å². The van der Waals surface area contributed by atoms with Gasteiger partial charge in [-0.1, -0.05) is 0 Å². The van der Waals surface area contributed by atoms with Crippen LogP contribution in [-0.4, -0.2) is 36.6 Å². The summed E-state index contributed by atoms with van der Waals surface area (Å²) in [6.45, 7) is 4.36. The highest BCUT2D eigenvalue weighted by Gasteiger charge is 2.39. The Morgan fingerprint density at radius 3 is 2.54 bits per heavy atom. The third kappa shape index (κ3) is 2.42. The molecule has 1 N–H and O–H groups in total. The Bertz CT molecular complexity index is 169. The van der Waals surface area contributed by atoms with Gasteiger partial charge in [0.1, 0.15) is 0 Å². The quantitative estimate of drug-likeness (QED) is 0.667. The monoisotopic (exact) mass is 186 g/mol. The van der Waals surface area contributed by atoms with Crippen LogP contribution in [0.3, 0.4) is 0 Å². The molecule has 0 bridgehead atoms. The lowest BCUT2D eigenvalue weighted by molar-refractivity contribution is -0.0615. The average Bonchev–Trinajstić information content (AvgIpc) is 2.89. The van der Waals surface area contributed by atoms with E-state index in [4.69, 9.17) is 9.47 Å². The Labute approximate surface area is 79.0 Å². The van der Waals surface area contributed by atoms with E-state index in [9.17, 15) is 5.11 Å². The van der Waals surface area contributed by atoms with E-state index in [-0.39, 0.29) is 0 Å². The standard InChI is InChI=1S/C10H18O3/c1-10(11,6-9-7-13-9)8-2-4-12-5-3-8/h8-9,11H,2-7H2,1H3/t9-,10-/m1/s1. The Morgan fingerprint density at radius 1 is 1.38 bits per heavy atom. The Kier molecular flexibility index (Phi) is 2.58. The predicted octanol–water partition coefficient (Wildman–Crippen LogP) is 0.953. The van der Waals surface area contributed by atoms with Gasteiger partial charge >= 0.3 is 0 Å². The summed E-state index contributed by atoms with van der Waals surface area (Å²) in [5, 5.41) is 10.2. The van der Waals surface area contributed by atoms with Gasteiger partial charge in [-0.25, -0.2) is 0 Å². The van der Waals surface area contributed by atoms with E-state index in [1.54, 1.807) is 0 Å². The minimum Gasteiger partial charge on any atom is -0.390 e. The van der Waals surface area contributed by atoms with Gasteiger partial charge in [-0.05, 0) is 25.7 Å². The lowest BCUT2D eigenvalue weighted by atomic mass is 9.80. The minimum atomic E-state index is -0.551. The topological polar surface area (TPSA) is 42.0 Å². The molecule has 0 radical (unpaired) electrons. The van der Waals surface area contributed by atoms with Crippen molar-refractivity contribution in [2.24, 2.45) is 5.92 Å². The first-order valence-electron chi connectivity index (χ1n) is 5.10. The van der Waals surface area contributed by atoms with Gasteiger partial charge in [0.2, 0.25) is 0 Å². The maximum Gasteiger partial charge on any atom is 0.0837 e. The number of epoxide rings is 1. The van der Waals surface area contributed by atoms with E-state index < -0.39 is 5.60 Å². The second kappa shape index (κ2) is 3.56. The van der Waals surface area contributed by atoms with Crippen molar-refractivity contribution in [3.05, 3.63) is 0 Å². The minimum absolute atomic E-state index is 0.317. The zero-order chi connectivity index (χ0) is 9.31. The van der Waals surface area contributed by atoms with Crippen LogP contribution in [0, 0.1) is 5.92 Å². The van der Waals surface area contributed by atoms with E-state index in [2.05, 4.69) is 0 Å². The molecule has 0 amide bonds. The molecule has 2 fully saturated rings. The highest BCUT2D eigenvalue weighted by Crippen LogP contribution is 2.33. The number of ether oxygens (including phenoxy) is 2. The van der Waals surface area contributed by atoms with Crippen molar-refractivity contribution in [3.8, 4) is 0 Å². The molecule has 2 aliphatic heterocycles. The smallest absolute Gasteiger partial charge is 0.0837 e. The zero-order valence-electron chi connectivity index (χ0n) is 8.16. The van der Waals surface area contributed by atoms with Gasteiger partial charge in [0.05, 0.1) is 18.3 Å². The molecule has 2 heterocycles. The summed E-state index contributed by atoms with van der Waals surface area (Å²) in [6, 6.07) is 0. The van der Waals surface area contributed by atoms with Gasteiger partial charge < -0.3 is 14.6 Å². The fraction of sp³-hybridized carbons (Fsp3) is 1.00. The molecule has 76 valence electrons. The molecule has 0 aromatic rings. The molecule has 0 aromatic heterocycles. The van der Waals surface area contributed by atoms with E-state index in [1.807, 2.05) is 6.92 Å². The van der Waals surface area contributed by atoms with Crippen molar-refractivity contribution in [2.45, 2.75) is 37.9 Å². The number of hydrogen-bond donors (Lipinski definition) is 1. The molecule has 0 unspecified atom stereocenters. The van der Waals surface area contributed by atoms with Crippen LogP contribution in [0.2, 0.25) is 0 Å². The summed E-state index contributed by atoms with van der Waals surface area (Å²) in [7, 11) is 0. The molecule has 3 nitrogen and oxygen atoms in total. The van der Waals surface area contributed by atoms with E-state index in [0.29, 0.717) is 12.0 Å². The number of aliphatic hydroxyl groups is 1. The van der Waals surface area contributed by atoms with Gasteiger partial charge in [0, 0.05) is 19.6 Å². The second-order valence-corrected chi connectivity index (χ2v) is 4.40. The van der Waals surface area contributed by atoms with Crippen molar-refractivity contribution in [1.29, 1.82) is 0 Å². The van der Waals surface area contributed by atoms with Crippen molar-refractivity contribution in [1.82, 2.24) is 0 Å². The van der Waals surface area contributed by atoms with Crippen LogP contribution in [0.5, 0.6) is 0 Å². The first-order chi connectivity index (χ1) is 6.18. The lowest BCUT2D eigenvalue weighted by Gasteiger charge is -2.35. The summed E-state index contributed by atoms with van der Waals surface area (Å²) >= 11 is 0. The van der Waals surface area contributed by atoms with Crippen LogP contribution in [0.1, 0.15) is 26.2 Å². The van der Waals surface area contributed by atoms with Gasteiger partial charge in [-0.15, -0.1) is 0 Å². The van der Waals surface area contributed by atoms with Crippen LogP contribution in [0.25, 0.3) is 0 Å². The van der Waals surface area contributed by atoms with Crippen LogP contribution in [0.4, 0.5) is 0 Å². The molecule has 2 aliphatic rings. The first kappa shape index (κ1) is 9.44. The van der Waals surface area contributed by atoms with Crippen LogP contribution in [0.15, 0.2) is 0 Å². The molecule has 0 saturated carbocycles. The molecule has 2 rings (SSSR count). The van der Waals surface area contributed by atoms with Crippen molar-refractivity contribution in [2.75, 3.05) is 19.8 Å². The molecule has 0 spiro atoms. The van der Waals surface area contributed by atoms with Crippen LogP contribution < -0.4 is 0 Å². The van der Waals surface area contributed by atoms with Gasteiger partial charge in [0.15, 0.2) is 0 Å².